The summed E-state index contributed by atoms with van der Waals surface area (Å²) >= 11 is 5.59. The number of non-ortho nitro benzene ring substituents is 1. The molecule has 2 amide bonds. The lowest BCUT2D eigenvalue weighted by Crippen LogP contribution is -2.32. The van der Waals surface area contributed by atoms with Gasteiger partial charge in [-0.05, 0) is 42.8 Å². The summed E-state index contributed by atoms with van der Waals surface area (Å²) < 4.78 is 13.1. The number of nitrogens with one attached hydrogen (secondary N) is 2. The maximum atomic E-state index is 13.1. The lowest BCUT2D eigenvalue weighted by Gasteiger charge is -2.05. The highest BCUT2D eigenvalue weighted by Crippen LogP contribution is 2.19. The summed E-state index contributed by atoms with van der Waals surface area (Å²) in [6, 6.07) is 8.97. The van der Waals surface area contributed by atoms with Gasteiger partial charge in [-0.25, -0.2) is 9.82 Å². The average Bonchev–Trinajstić information content (AvgIpc) is 2.62. The molecule has 0 aliphatic rings. The quantitative estimate of drug-likeness (QED) is 0.368. The van der Waals surface area contributed by atoms with Crippen LogP contribution in [0.1, 0.15) is 12.5 Å². The number of nitrogens with zero attached hydrogens (tertiary/aromatic N) is 2. The first-order chi connectivity index (χ1) is 12.3. The molecular formula is C16H12ClFN4O4. The molecule has 0 saturated carbocycles. The average molecular weight is 379 g/mol. The number of hydrogen-bond acceptors (Lipinski definition) is 5. The Balaban J connectivity index is 1.99. The van der Waals surface area contributed by atoms with Crippen molar-refractivity contribution in [1.29, 1.82) is 0 Å². The highest BCUT2D eigenvalue weighted by Gasteiger charge is 2.14. The van der Waals surface area contributed by atoms with E-state index in [1.54, 1.807) is 6.92 Å². The highest BCUT2D eigenvalue weighted by molar-refractivity contribution is 6.40. The lowest BCUT2D eigenvalue weighted by molar-refractivity contribution is -0.384. The summed E-state index contributed by atoms with van der Waals surface area (Å²) in [5, 5.41) is 16.4. The third-order valence-corrected chi connectivity index (χ3v) is 3.49. The fourth-order valence-corrected chi connectivity index (χ4v) is 2.02. The van der Waals surface area contributed by atoms with Crippen LogP contribution in [0, 0.1) is 15.9 Å². The lowest BCUT2D eigenvalue weighted by atomic mass is 10.1. The molecule has 2 rings (SSSR count). The standard InChI is InChI=1S/C16H12ClFN4O4/c1-9(10-2-5-12(6-3-10)22(25)26)20-21-16(24)15(23)19-11-4-7-14(18)13(17)8-11/h2-8H,1H3,(H,19,23)(H,21,24)/b20-9+. The first-order valence-electron chi connectivity index (χ1n) is 7.13. The number of nitro benzene ring substituents is 1. The second kappa shape index (κ2) is 8.17. The monoisotopic (exact) mass is 378 g/mol. The molecule has 0 atom stereocenters. The van der Waals surface area contributed by atoms with Gasteiger partial charge in [0.1, 0.15) is 5.82 Å². The van der Waals surface area contributed by atoms with Gasteiger partial charge in [-0.1, -0.05) is 11.6 Å². The van der Waals surface area contributed by atoms with Crippen molar-refractivity contribution in [3.63, 3.8) is 0 Å². The van der Waals surface area contributed by atoms with Gasteiger partial charge in [0.2, 0.25) is 0 Å². The Bertz CT molecular complexity index is 900. The normalized spacial score (nSPS) is 11.0. The predicted molar refractivity (Wildman–Crippen MR) is 93.5 cm³/mol. The molecule has 26 heavy (non-hydrogen) atoms. The van der Waals surface area contributed by atoms with E-state index in [0.29, 0.717) is 11.3 Å². The third kappa shape index (κ3) is 4.84. The minimum absolute atomic E-state index is 0.0806. The molecule has 0 aromatic heterocycles. The molecule has 0 aliphatic carbocycles. The molecule has 0 bridgehead atoms. The van der Waals surface area contributed by atoms with Crippen molar-refractivity contribution in [2.45, 2.75) is 6.92 Å². The largest absolute Gasteiger partial charge is 0.329 e. The summed E-state index contributed by atoms with van der Waals surface area (Å²) in [6.45, 7) is 1.55. The van der Waals surface area contributed by atoms with Crippen LogP contribution >= 0.6 is 11.6 Å². The summed E-state index contributed by atoms with van der Waals surface area (Å²) in [5.74, 6) is -2.72. The van der Waals surface area contributed by atoms with Gasteiger partial charge in [0.05, 0.1) is 15.7 Å². The summed E-state index contributed by atoms with van der Waals surface area (Å²) in [6.07, 6.45) is 0. The number of carbonyl (C=O) groups is 2. The molecular weight excluding hydrogens is 367 g/mol. The van der Waals surface area contributed by atoms with Gasteiger partial charge >= 0.3 is 11.8 Å². The maximum Gasteiger partial charge on any atom is 0.329 e. The van der Waals surface area contributed by atoms with Crippen molar-refractivity contribution in [2.24, 2.45) is 5.10 Å². The molecule has 10 heteroatoms. The number of rotatable bonds is 4. The van der Waals surface area contributed by atoms with Crippen molar-refractivity contribution in [3.8, 4) is 0 Å². The van der Waals surface area contributed by atoms with Gasteiger partial charge in [-0.2, -0.15) is 5.10 Å². The summed E-state index contributed by atoms with van der Waals surface area (Å²) in [5.41, 5.74) is 2.99. The number of nitro groups is 1. The van der Waals surface area contributed by atoms with E-state index in [1.165, 1.54) is 30.3 Å². The fraction of sp³-hybridized carbons (Fsp3) is 0.0625. The number of carbonyl (C=O) groups excluding carboxylic acids is 2. The molecule has 2 aromatic rings. The van der Waals surface area contributed by atoms with E-state index in [0.717, 1.165) is 12.1 Å². The van der Waals surface area contributed by atoms with E-state index < -0.39 is 22.6 Å². The number of anilines is 1. The minimum Gasteiger partial charge on any atom is -0.318 e. The van der Waals surface area contributed by atoms with Crippen LogP contribution in [0.3, 0.4) is 0 Å². The van der Waals surface area contributed by atoms with Crippen LogP contribution in [0.15, 0.2) is 47.6 Å². The van der Waals surface area contributed by atoms with E-state index in [-0.39, 0.29) is 16.4 Å². The molecule has 0 fully saturated rings. The van der Waals surface area contributed by atoms with Crippen molar-refractivity contribution in [1.82, 2.24) is 5.43 Å². The van der Waals surface area contributed by atoms with Gasteiger partial charge in [0.25, 0.3) is 5.69 Å². The molecule has 2 aromatic carbocycles. The topological polar surface area (TPSA) is 114 Å². The molecule has 2 N–H and O–H groups in total. The van der Waals surface area contributed by atoms with E-state index in [2.05, 4.69) is 15.8 Å². The minimum atomic E-state index is -1.05. The van der Waals surface area contributed by atoms with E-state index >= 15 is 0 Å². The Morgan fingerprint density at radius 3 is 2.38 bits per heavy atom. The third-order valence-electron chi connectivity index (χ3n) is 3.20. The molecule has 0 radical (unpaired) electrons. The molecule has 0 saturated heterocycles. The zero-order valence-corrected chi connectivity index (χ0v) is 14.1. The molecule has 0 aliphatic heterocycles. The van der Waals surface area contributed by atoms with Crippen molar-refractivity contribution < 1.29 is 18.9 Å². The Morgan fingerprint density at radius 1 is 1.15 bits per heavy atom. The fourth-order valence-electron chi connectivity index (χ4n) is 1.84. The first-order valence-corrected chi connectivity index (χ1v) is 7.51. The molecule has 8 nitrogen and oxygen atoms in total. The van der Waals surface area contributed by atoms with Gasteiger partial charge < -0.3 is 5.32 Å². The van der Waals surface area contributed by atoms with Crippen LogP contribution in [0.5, 0.6) is 0 Å². The van der Waals surface area contributed by atoms with E-state index in [1.807, 2.05) is 0 Å². The van der Waals surface area contributed by atoms with Crippen LogP contribution in [0.25, 0.3) is 0 Å². The zero-order valence-electron chi connectivity index (χ0n) is 13.3. The SMILES string of the molecule is C/C(=N\NC(=O)C(=O)Nc1ccc(F)c(Cl)c1)c1ccc([N+](=O)[O-])cc1. The van der Waals surface area contributed by atoms with Crippen molar-refractivity contribution in [2.75, 3.05) is 5.32 Å². The van der Waals surface area contributed by atoms with Crippen molar-refractivity contribution >= 4 is 40.5 Å². The second-order valence-electron chi connectivity index (χ2n) is 5.03. The van der Waals surface area contributed by atoms with Crippen LogP contribution in [0.4, 0.5) is 15.8 Å². The number of benzene rings is 2. The number of amides is 2. The van der Waals surface area contributed by atoms with E-state index in [4.69, 9.17) is 11.6 Å². The first kappa shape index (κ1) is 19.0. The number of hydrazone groups is 1. The maximum absolute atomic E-state index is 13.1. The van der Waals surface area contributed by atoms with Crippen LogP contribution in [0.2, 0.25) is 5.02 Å². The Labute approximate surface area is 151 Å². The highest BCUT2D eigenvalue weighted by atomic mass is 35.5. The van der Waals surface area contributed by atoms with Crippen LogP contribution < -0.4 is 10.7 Å². The summed E-state index contributed by atoms with van der Waals surface area (Å²) in [7, 11) is 0. The zero-order chi connectivity index (χ0) is 19.3. The van der Waals surface area contributed by atoms with E-state index in [9.17, 15) is 24.1 Å². The predicted octanol–water partition coefficient (Wildman–Crippen LogP) is 2.87. The molecule has 0 spiro atoms. The molecule has 0 heterocycles. The van der Waals surface area contributed by atoms with Crippen molar-refractivity contribution in [3.05, 3.63) is 69.0 Å². The Hall–Kier alpha value is -3.33. The Kier molecular flexibility index (Phi) is 5.97. The van der Waals surface area contributed by atoms with Crippen LogP contribution in [-0.4, -0.2) is 22.4 Å². The Morgan fingerprint density at radius 2 is 1.81 bits per heavy atom. The smallest absolute Gasteiger partial charge is 0.318 e. The second-order valence-corrected chi connectivity index (χ2v) is 5.43. The van der Waals surface area contributed by atoms with Gasteiger partial charge in [-0.15, -0.1) is 0 Å². The van der Waals surface area contributed by atoms with Gasteiger partial charge in [0.15, 0.2) is 0 Å². The van der Waals surface area contributed by atoms with Gasteiger partial charge in [-0.3, -0.25) is 19.7 Å². The number of halogens is 2. The molecule has 0 unspecified atom stereocenters. The van der Waals surface area contributed by atoms with Gasteiger partial charge in [0, 0.05) is 17.8 Å². The molecule has 134 valence electrons. The summed E-state index contributed by atoms with van der Waals surface area (Å²) in [4.78, 5) is 33.6. The number of hydrogen-bond donors (Lipinski definition) is 2. The van der Waals surface area contributed by atoms with Crippen LogP contribution in [-0.2, 0) is 9.59 Å².